The lowest BCUT2D eigenvalue weighted by Crippen LogP contribution is -2.63. The third-order valence-electron chi connectivity index (χ3n) is 5.65. The van der Waals surface area contributed by atoms with E-state index in [0.717, 1.165) is 16.6 Å². The topological polar surface area (TPSA) is 108 Å². The van der Waals surface area contributed by atoms with Crippen molar-refractivity contribution in [3.05, 3.63) is 30.2 Å². The summed E-state index contributed by atoms with van der Waals surface area (Å²) in [7, 11) is 1.59. The standard InChI is InChI=1S/C20H28N4O4/c1-19(2,3)20(8-13(12-28-4)11-24(20)18(26)27)17(25)22-10-15-7-14-9-21-6-5-16(14)23-15/h5-7,9,13,23H,8,10-12H2,1-4H3,(H,22,25)(H,26,27)/t13-,20+/m0/s1. The minimum atomic E-state index is -1.16. The first-order valence-corrected chi connectivity index (χ1v) is 9.38. The van der Waals surface area contributed by atoms with Gasteiger partial charge in [-0.2, -0.15) is 0 Å². The monoisotopic (exact) mass is 388 g/mol. The van der Waals surface area contributed by atoms with Gasteiger partial charge in [-0.15, -0.1) is 0 Å². The van der Waals surface area contributed by atoms with E-state index in [-0.39, 0.29) is 24.9 Å². The Morgan fingerprint density at radius 1 is 1.46 bits per heavy atom. The summed E-state index contributed by atoms with van der Waals surface area (Å²) in [6, 6.07) is 3.81. The smallest absolute Gasteiger partial charge is 0.408 e. The van der Waals surface area contributed by atoms with Crippen molar-refractivity contribution in [2.75, 3.05) is 20.3 Å². The second kappa shape index (κ2) is 7.43. The average Bonchev–Trinajstić information content (AvgIpc) is 3.21. The van der Waals surface area contributed by atoms with Crippen LogP contribution < -0.4 is 5.32 Å². The fourth-order valence-corrected chi connectivity index (χ4v) is 4.31. The summed E-state index contributed by atoms with van der Waals surface area (Å²) in [5, 5.41) is 13.7. The number of fused-ring (bicyclic) bond motifs is 1. The minimum absolute atomic E-state index is 0.0229. The van der Waals surface area contributed by atoms with Crippen molar-refractivity contribution in [3.8, 4) is 0 Å². The molecule has 0 saturated carbocycles. The predicted molar refractivity (Wildman–Crippen MR) is 105 cm³/mol. The van der Waals surface area contributed by atoms with Gasteiger partial charge in [-0.05, 0) is 24.0 Å². The number of carboxylic acid groups (broad SMARTS) is 1. The Balaban J connectivity index is 1.86. The number of hydrogen-bond acceptors (Lipinski definition) is 4. The lowest BCUT2D eigenvalue weighted by Gasteiger charge is -2.45. The Bertz CT molecular complexity index is 839. The first kappa shape index (κ1) is 20.1. The summed E-state index contributed by atoms with van der Waals surface area (Å²) < 4.78 is 5.24. The third-order valence-corrected chi connectivity index (χ3v) is 5.65. The van der Waals surface area contributed by atoms with Crippen molar-refractivity contribution >= 4 is 22.9 Å². The second-order valence-electron chi connectivity index (χ2n) is 8.47. The van der Waals surface area contributed by atoms with E-state index in [0.29, 0.717) is 13.0 Å². The van der Waals surface area contributed by atoms with Gasteiger partial charge in [0.25, 0.3) is 0 Å². The van der Waals surface area contributed by atoms with Gasteiger partial charge in [0.05, 0.1) is 13.2 Å². The quantitative estimate of drug-likeness (QED) is 0.730. The highest BCUT2D eigenvalue weighted by Crippen LogP contribution is 2.46. The summed E-state index contributed by atoms with van der Waals surface area (Å²) in [4.78, 5) is 34.0. The number of H-pyrrole nitrogens is 1. The highest BCUT2D eigenvalue weighted by atomic mass is 16.5. The zero-order chi connectivity index (χ0) is 20.5. The van der Waals surface area contributed by atoms with Crippen LogP contribution in [0.1, 0.15) is 32.9 Å². The molecule has 1 aliphatic rings. The molecule has 1 aliphatic heterocycles. The van der Waals surface area contributed by atoms with E-state index in [9.17, 15) is 14.7 Å². The molecule has 2 amide bonds. The van der Waals surface area contributed by atoms with Crippen LogP contribution >= 0.6 is 0 Å². The van der Waals surface area contributed by atoms with E-state index in [1.807, 2.05) is 32.9 Å². The molecule has 2 aromatic rings. The molecule has 2 atom stereocenters. The number of carbonyl (C=O) groups excluding carboxylic acids is 1. The SMILES string of the molecule is COC[C@@H]1CN(C(=O)O)[C@](C(=O)NCc2cc3cnccc3[nH]2)(C(C)(C)C)C1. The number of aromatic amines is 1. The molecule has 0 radical (unpaired) electrons. The average molecular weight is 388 g/mol. The van der Waals surface area contributed by atoms with Gasteiger partial charge in [-0.1, -0.05) is 20.8 Å². The van der Waals surface area contributed by atoms with Crippen LogP contribution in [0.15, 0.2) is 24.5 Å². The molecule has 1 saturated heterocycles. The summed E-state index contributed by atoms with van der Waals surface area (Å²) in [6.07, 6.45) is 2.81. The maximum absolute atomic E-state index is 13.4. The van der Waals surface area contributed by atoms with Crippen LogP contribution in [0.4, 0.5) is 4.79 Å². The molecule has 1 fully saturated rings. The fraction of sp³-hybridized carbons (Fsp3) is 0.550. The van der Waals surface area contributed by atoms with E-state index in [2.05, 4.69) is 15.3 Å². The van der Waals surface area contributed by atoms with Crippen molar-refractivity contribution in [2.24, 2.45) is 11.3 Å². The molecule has 0 unspecified atom stereocenters. The zero-order valence-corrected chi connectivity index (χ0v) is 16.8. The van der Waals surface area contributed by atoms with Crippen LogP contribution in [0.3, 0.4) is 0 Å². The van der Waals surface area contributed by atoms with Crippen molar-refractivity contribution in [1.82, 2.24) is 20.2 Å². The lowest BCUT2D eigenvalue weighted by molar-refractivity contribution is -0.137. The molecule has 0 aromatic carbocycles. The van der Waals surface area contributed by atoms with Gasteiger partial charge in [0, 0.05) is 48.6 Å². The number of amides is 2. The molecule has 0 bridgehead atoms. The Morgan fingerprint density at radius 2 is 2.21 bits per heavy atom. The number of methoxy groups -OCH3 is 1. The van der Waals surface area contributed by atoms with E-state index in [1.165, 1.54) is 4.90 Å². The van der Waals surface area contributed by atoms with E-state index < -0.39 is 17.0 Å². The van der Waals surface area contributed by atoms with Crippen molar-refractivity contribution in [2.45, 2.75) is 39.3 Å². The highest BCUT2D eigenvalue weighted by molar-refractivity contribution is 5.91. The van der Waals surface area contributed by atoms with Crippen LogP contribution in [0.25, 0.3) is 10.9 Å². The Labute approximate surface area is 164 Å². The van der Waals surface area contributed by atoms with Gasteiger partial charge in [0.1, 0.15) is 5.54 Å². The first-order chi connectivity index (χ1) is 13.2. The van der Waals surface area contributed by atoms with Crippen LogP contribution in [-0.2, 0) is 16.1 Å². The second-order valence-corrected chi connectivity index (χ2v) is 8.47. The molecule has 3 rings (SSSR count). The van der Waals surface area contributed by atoms with Gasteiger partial charge in [0.2, 0.25) is 5.91 Å². The summed E-state index contributed by atoms with van der Waals surface area (Å²) in [5.41, 5.74) is 0.0458. The molecule has 28 heavy (non-hydrogen) atoms. The zero-order valence-electron chi connectivity index (χ0n) is 16.8. The van der Waals surface area contributed by atoms with Gasteiger partial charge in [-0.3, -0.25) is 14.7 Å². The number of rotatable bonds is 5. The highest BCUT2D eigenvalue weighted by Gasteiger charge is 2.59. The normalized spacial score (nSPS) is 22.6. The number of ether oxygens (including phenoxy) is 1. The first-order valence-electron chi connectivity index (χ1n) is 9.38. The molecule has 2 aromatic heterocycles. The van der Waals surface area contributed by atoms with Crippen molar-refractivity contribution in [3.63, 3.8) is 0 Å². The molecule has 8 nitrogen and oxygen atoms in total. The van der Waals surface area contributed by atoms with E-state index in [4.69, 9.17) is 4.74 Å². The van der Waals surface area contributed by atoms with Gasteiger partial charge in [-0.25, -0.2) is 4.79 Å². The van der Waals surface area contributed by atoms with Crippen LogP contribution in [0.5, 0.6) is 0 Å². The number of aromatic nitrogens is 2. The van der Waals surface area contributed by atoms with Gasteiger partial charge >= 0.3 is 6.09 Å². The molecule has 3 N–H and O–H groups in total. The number of likely N-dealkylation sites (tertiary alicyclic amines) is 1. The van der Waals surface area contributed by atoms with E-state index >= 15 is 0 Å². The molecular formula is C20H28N4O4. The Kier molecular flexibility index (Phi) is 5.34. The number of nitrogens with zero attached hydrogens (tertiary/aromatic N) is 2. The fourth-order valence-electron chi connectivity index (χ4n) is 4.31. The maximum atomic E-state index is 13.4. The van der Waals surface area contributed by atoms with Gasteiger partial charge in [0.15, 0.2) is 0 Å². The predicted octanol–water partition coefficient (Wildman–Crippen LogP) is 2.61. The Morgan fingerprint density at radius 3 is 2.82 bits per heavy atom. The summed E-state index contributed by atoms with van der Waals surface area (Å²) in [6.45, 7) is 6.72. The molecule has 8 heteroatoms. The Hall–Kier alpha value is -2.61. The summed E-state index contributed by atoms with van der Waals surface area (Å²) >= 11 is 0. The lowest BCUT2D eigenvalue weighted by atomic mass is 9.70. The van der Waals surface area contributed by atoms with Crippen LogP contribution in [-0.4, -0.2) is 57.8 Å². The molecule has 0 aliphatic carbocycles. The van der Waals surface area contributed by atoms with Crippen molar-refractivity contribution < 1.29 is 19.4 Å². The van der Waals surface area contributed by atoms with Crippen LogP contribution in [0.2, 0.25) is 0 Å². The number of pyridine rings is 1. The molecular weight excluding hydrogens is 360 g/mol. The number of hydrogen-bond donors (Lipinski definition) is 3. The minimum Gasteiger partial charge on any atom is -0.465 e. The van der Waals surface area contributed by atoms with Crippen LogP contribution in [0, 0.1) is 11.3 Å². The number of carbonyl (C=O) groups is 2. The third kappa shape index (κ3) is 3.44. The molecule has 3 heterocycles. The number of nitrogens with one attached hydrogen (secondary N) is 2. The summed E-state index contributed by atoms with van der Waals surface area (Å²) in [5.74, 6) is -0.303. The van der Waals surface area contributed by atoms with Gasteiger partial charge < -0.3 is 20.1 Å². The van der Waals surface area contributed by atoms with Crippen molar-refractivity contribution in [1.29, 1.82) is 0 Å². The molecule has 152 valence electrons. The molecule has 0 spiro atoms. The maximum Gasteiger partial charge on any atom is 0.408 e. The largest absolute Gasteiger partial charge is 0.465 e. The van der Waals surface area contributed by atoms with E-state index in [1.54, 1.807) is 19.5 Å².